The maximum absolute atomic E-state index is 12.1. The highest BCUT2D eigenvalue weighted by Crippen LogP contribution is 2.27. The molecule has 3 aromatic rings. The molecule has 8 heteroatoms. The van der Waals surface area contributed by atoms with Crippen LogP contribution in [0.4, 0.5) is 4.79 Å². The topological polar surface area (TPSA) is 110 Å². The fourth-order valence-corrected chi connectivity index (χ4v) is 2.97. The standard InChI is InChI=1S/C14H12N4O4/c19-13-15-10-6-8-4-2-1-3-7(8)5-9(10)11-16-12(17-18(11)13)22-14(20)21/h5-6H,1-4H2,(H,15,19)(H,20,21). The summed E-state index contributed by atoms with van der Waals surface area (Å²) in [6.45, 7) is 0. The Morgan fingerprint density at radius 1 is 1.27 bits per heavy atom. The van der Waals surface area contributed by atoms with Gasteiger partial charge in [0.25, 0.3) is 0 Å². The minimum Gasteiger partial charge on any atom is -0.449 e. The molecule has 0 saturated carbocycles. The number of aromatic nitrogens is 4. The first-order chi connectivity index (χ1) is 10.6. The van der Waals surface area contributed by atoms with Crippen LogP contribution in [0, 0.1) is 0 Å². The maximum atomic E-state index is 12.1. The predicted octanol–water partition coefficient (Wildman–Crippen LogP) is 1.51. The van der Waals surface area contributed by atoms with E-state index in [2.05, 4.69) is 19.8 Å². The molecule has 1 aromatic carbocycles. The van der Waals surface area contributed by atoms with Crippen molar-refractivity contribution >= 4 is 22.7 Å². The van der Waals surface area contributed by atoms with Gasteiger partial charge in [0, 0.05) is 5.39 Å². The van der Waals surface area contributed by atoms with Gasteiger partial charge in [0.15, 0.2) is 5.65 Å². The van der Waals surface area contributed by atoms with E-state index in [1.54, 1.807) is 0 Å². The van der Waals surface area contributed by atoms with Gasteiger partial charge in [-0.1, -0.05) is 0 Å². The van der Waals surface area contributed by atoms with Crippen molar-refractivity contribution < 1.29 is 14.6 Å². The molecule has 0 aliphatic heterocycles. The highest BCUT2D eigenvalue weighted by atomic mass is 16.7. The second-order valence-electron chi connectivity index (χ2n) is 5.30. The average molecular weight is 300 g/mol. The Balaban J connectivity index is 2.02. The molecule has 2 heterocycles. The summed E-state index contributed by atoms with van der Waals surface area (Å²) in [6.07, 6.45) is 2.75. The number of rotatable bonds is 1. The zero-order chi connectivity index (χ0) is 15.3. The Morgan fingerprint density at radius 2 is 2.00 bits per heavy atom. The molecule has 0 spiro atoms. The summed E-state index contributed by atoms with van der Waals surface area (Å²) in [5, 5.41) is 13.1. The van der Waals surface area contributed by atoms with Crippen LogP contribution in [0.15, 0.2) is 16.9 Å². The van der Waals surface area contributed by atoms with Crippen LogP contribution in [0.5, 0.6) is 6.01 Å². The van der Waals surface area contributed by atoms with E-state index in [0.29, 0.717) is 11.2 Å². The molecule has 8 nitrogen and oxygen atoms in total. The van der Waals surface area contributed by atoms with Gasteiger partial charge in [0.1, 0.15) is 0 Å². The van der Waals surface area contributed by atoms with Gasteiger partial charge in [0.2, 0.25) is 0 Å². The van der Waals surface area contributed by atoms with Crippen molar-refractivity contribution in [2.75, 3.05) is 0 Å². The molecule has 2 N–H and O–H groups in total. The minimum absolute atomic E-state index is 0.295. The number of nitrogens with zero attached hydrogens (tertiary/aromatic N) is 3. The molecule has 0 radical (unpaired) electrons. The molecular weight excluding hydrogens is 288 g/mol. The number of benzene rings is 1. The van der Waals surface area contributed by atoms with Crippen molar-refractivity contribution in [3.05, 3.63) is 33.7 Å². The van der Waals surface area contributed by atoms with Crippen molar-refractivity contribution in [3.8, 4) is 6.01 Å². The van der Waals surface area contributed by atoms with Gasteiger partial charge in [0.05, 0.1) is 5.52 Å². The Hall–Kier alpha value is -2.90. The summed E-state index contributed by atoms with van der Waals surface area (Å²) >= 11 is 0. The SMILES string of the molecule is O=C(O)Oc1nc2c3cc4c(cc3[nH]c(=O)n2n1)CCCC4. The van der Waals surface area contributed by atoms with Crippen molar-refractivity contribution in [3.63, 3.8) is 0 Å². The smallest absolute Gasteiger partial charge is 0.449 e. The van der Waals surface area contributed by atoms with Crippen LogP contribution in [0.1, 0.15) is 24.0 Å². The lowest BCUT2D eigenvalue weighted by atomic mass is 9.90. The number of aromatic amines is 1. The number of hydrogen-bond donors (Lipinski definition) is 2. The number of H-pyrrole nitrogens is 1. The molecule has 4 rings (SSSR count). The fourth-order valence-electron chi connectivity index (χ4n) is 2.97. The number of hydrogen-bond acceptors (Lipinski definition) is 5. The van der Waals surface area contributed by atoms with Crippen molar-refractivity contribution in [2.24, 2.45) is 0 Å². The molecule has 0 amide bonds. The van der Waals surface area contributed by atoms with E-state index in [0.717, 1.165) is 35.6 Å². The van der Waals surface area contributed by atoms with E-state index in [1.807, 2.05) is 12.1 Å². The van der Waals surface area contributed by atoms with Crippen molar-refractivity contribution in [1.82, 2.24) is 19.6 Å². The largest absolute Gasteiger partial charge is 0.513 e. The van der Waals surface area contributed by atoms with Crippen molar-refractivity contribution in [2.45, 2.75) is 25.7 Å². The molecule has 112 valence electrons. The summed E-state index contributed by atoms with van der Waals surface area (Å²) in [7, 11) is 0. The van der Waals surface area contributed by atoms with Gasteiger partial charge < -0.3 is 14.8 Å². The average Bonchev–Trinajstić information content (AvgIpc) is 2.89. The van der Waals surface area contributed by atoms with E-state index < -0.39 is 11.8 Å². The summed E-state index contributed by atoms with van der Waals surface area (Å²) < 4.78 is 5.46. The molecule has 22 heavy (non-hydrogen) atoms. The maximum Gasteiger partial charge on any atom is 0.513 e. The van der Waals surface area contributed by atoms with Crippen LogP contribution < -0.4 is 10.4 Å². The third-order valence-electron chi connectivity index (χ3n) is 3.92. The van der Waals surface area contributed by atoms with E-state index in [1.165, 1.54) is 11.1 Å². The van der Waals surface area contributed by atoms with Crippen LogP contribution in [0.3, 0.4) is 0 Å². The molecule has 0 unspecified atom stereocenters. The predicted molar refractivity (Wildman–Crippen MR) is 76.4 cm³/mol. The molecule has 0 atom stereocenters. The summed E-state index contributed by atoms with van der Waals surface area (Å²) in [5.74, 6) is 0. The fraction of sp³-hybridized carbons (Fsp3) is 0.286. The van der Waals surface area contributed by atoms with Crippen LogP contribution >= 0.6 is 0 Å². The van der Waals surface area contributed by atoms with E-state index in [9.17, 15) is 9.59 Å². The summed E-state index contributed by atoms with van der Waals surface area (Å²) in [5.41, 5.74) is 2.96. The minimum atomic E-state index is -1.52. The summed E-state index contributed by atoms with van der Waals surface area (Å²) in [6, 6.07) is 3.61. The van der Waals surface area contributed by atoms with Gasteiger partial charge in [-0.3, -0.25) is 0 Å². The second kappa shape index (κ2) is 4.55. The normalized spacial score (nSPS) is 14.2. The first kappa shape index (κ1) is 12.8. The molecule has 0 bridgehead atoms. The quantitative estimate of drug-likeness (QED) is 0.659. The lowest BCUT2D eigenvalue weighted by Gasteiger charge is -2.16. The number of carbonyl (C=O) groups is 1. The molecule has 1 aliphatic rings. The summed E-state index contributed by atoms with van der Waals surface area (Å²) in [4.78, 5) is 29.4. The van der Waals surface area contributed by atoms with Gasteiger partial charge >= 0.3 is 17.9 Å². The lowest BCUT2D eigenvalue weighted by Crippen LogP contribution is -2.18. The number of fused-ring (bicyclic) bond motifs is 4. The number of aryl methyl sites for hydroxylation is 2. The zero-order valence-electron chi connectivity index (χ0n) is 11.5. The third kappa shape index (κ3) is 1.92. The molecule has 2 aromatic heterocycles. The first-order valence-electron chi connectivity index (χ1n) is 6.97. The van der Waals surface area contributed by atoms with Gasteiger partial charge in [-0.2, -0.15) is 9.50 Å². The Morgan fingerprint density at radius 3 is 2.73 bits per heavy atom. The number of nitrogens with one attached hydrogen (secondary N) is 1. The van der Waals surface area contributed by atoms with E-state index >= 15 is 0 Å². The number of ether oxygens (including phenoxy) is 1. The molecular formula is C14H12N4O4. The first-order valence-corrected chi connectivity index (χ1v) is 6.97. The highest BCUT2D eigenvalue weighted by Gasteiger charge is 2.17. The molecule has 0 saturated heterocycles. The van der Waals surface area contributed by atoms with Crippen LogP contribution in [0.2, 0.25) is 0 Å². The Kier molecular flexibility index (Phi) is 2.65. The lowest BCUT2D eigenvalue weighted by molar-refractivity contribution is 0.140. The monoisotopic (exact) mass is 300 g/mol. The van der Waals surface area contributed by atoms with Crippen LogP contribution in [-0.2, 0) is 12.8 Å². The van der Waals surface area contributed by atoms with E-state index in [-0.39, 0.29) is 6.01 Å². The third-order valence-corrected chi connectivity index (χ3v) is 3.92. The molecule has 1 aliphatic carbocycles. The Bertz CT molecular complexity index is 972. The van der Waals surface area contributed by atoms with Gasteiger partial charge in [-0.05, 0) is 48.9 Å². The van der Waals surface area contributed by atoms with Crippen LogP contribution in [0.25, 0.3) is 16.6 Å². The number of carboxylic acid groups (broad SMARTS) is 1. The van der Waals surface area contributed by atoms with E-state index in [4.69, 9.17) is 5.11 Å². The highest BCUT2D eigenvalue weighted by molar-refractivity contribution is 5.92. The molecule has 0 fully saturated rings. The second-order valence-corrected chi connectivity index (χ2v) is 5.30. The zero-order valence-corrected chi connectivity index (χ0v) is 11.5. The van der Waals surface area contributed by atoms with Gasteiger partial charge in [-0.25, -0.2) is 9.59 Å². The van der Waals surface area contributed by atoms with Crippen LogP contribution in [-0.4, -0.2) is 30.8 Å². The van der Waals surface area contributed by atoms with Gasteiger partial charge in [-0.15, -0.1) is 5.10 Å². The van der Waals surface area contributed by atoms with Crippen molar-refractivity contribution in [1.29, 1.82) is 0 Å². The Labute approximate surface area is 123 Å².